The molecule has 0 aliphatic carbocycles. The van der Waals surface area contributed by atoms with Crippen molar-refractivity contribution in [1.29, 1.82) is 0 Å². The fourth-order valence-corrected chi connectivity index (χ4v) is 7.02. The Morgan fingerprint density at radius 2 is 1.51 bits per heavy atom. The lowest BCUT2D eigenvalue weighted by molar-refractivity contribution is -0.129. The molecule has 6 rings (SSSR count). The second-order valence-electron chi connectivity index (χ2n) is 11.2. The summed E-state index contributed by atoms with van der Waals surface area (Å²) in [4.78, 5) is 34.3. The van der Waals surface area contributed by atoms with Crippen LogP contribution in [-0.4, -0.2) is 75.4 Å². The highest BCUT2D eigenvalue weighted by Gasteiger charge is 2.60. The first kappa shape index (κ1) is 29.1. The van der Waals surface area contributed by atoms with Crippen LogP contribution in [0.4, 0.5) is 10.5 Å². The van der Waals surface area contributed by atoms with Gasteiger partial charge in [-0.05, 0) is 90.9 Å². The van der Waals surface area contributed by atoms with Crippen molar-refractivity contribution in [3.63, 3.8) is 0 Å². The molecule has 0 unspecified atom stereocenters. The van der Waals surface area contributed by atoms with Crippen molar-refractivity contribution in [2.45, 2.75) is 37.3 Å². The lowest BCUT2D eigenvalue weighted by Crippen LogP contribution is -2.58. The van der Waals surface area contributed by atoms with E-state index in [-0.39, 0.29) is 18.0 Å². The summed E-state index contributed by atoms with van der Waals surface area (Å²) >= 11 is 6.15. The van der Waals surface area contributed by atoms with Gasteiger partial charge in [0.2, 0.25) is 0 Å². The van der Waals surface area contributed by atoms with Crippen molar-refractivity contribution in [1.82, 2.24) is 9.80 Å². The standard InChI is InChI=1S/C33H36ClN3O6/c1-40-27-10-5-21(17-28(27)41-2)11-15-36-32(39)37(24-8-6-23(34)7-9-24)31(38)33(36)13-16-35-14-12-22-18-29(42-3)30(43-4)19-25(22)26(35)20-33/h5-10,17-19,26H,11-16,20H2,1-4H3/t26-,33+/m0/s1. The number of hydrogen-bond acceptors (Lipinski definition) is 7. The highest BCUT2D eigenvalue weighted by Crippen LogP contribution is 2.49. The average molecular weight is 606 g/mol. The van der Waals surface area contributed by atoms with Gasteiger partial charge < -0.3 is 23.8 Å². The topological polar surface area (TPSA) is 80.8 Å². The van der Waals surface area contributed by atoms with E-state index in [2.05, 4.69) is 4.90 Å². The molecule has 0 saturated carbocycles. The summed E-state index contributed by atoms with van der Waals surface area (Å²) in [5.74, 6) is 2.42. The zero-order valence-electron chi connectivity index (χ0n) is 24.9. The van der Waals surface area contributed by atoms with Crippen LogP contribution in [0.2, 0.25) is 5.02 Å². The number of hydrogen-bond donors (Lipinski definition) is 0. The van der Waals surface area contributed by atoms with Gasteiger partial charge in [-0.3, -0.25) is 9.69 Å². The van der Waals surface area contributed by atoms with E-state index in [1.165, 1.54) is 10.5 Å². The normalized spacial score (nSPS) is 21.6. The van der Waals surface area contributed by atoms with E-state index in [9.17, 15) is 9.59 Å². The lowest BCUT2D eigenvalue weighted by atomic mass is 9.76. The van der Waals surface area contributed by atoms with Crippen molar-refractivity contribution in [3.05, 3.63) is 76.3 Å². The number of carbonyl (C=O) groups excluding carboxylic acids is 2. The van der Waals surface area contributed by atoms with Crippen LogP contribution >= 0.6 is 11.6 Å². The van der Waals surface area contributed by atoms with Gasteiger partial charge in [0.25, 0.3) is 5.91 Å². The van der Waals surface area contributed by atoms with E-state index >= 15 is 0 Å². The fraction of sp³-hybridized carbons (Fsp3) is 0.394. The summed E-state index contributed by atoms with van der Waals surface area (Å²) in [5.41, 5.74) is 2.80. The van der Waals surface area contributed by atoms with Gasteiger partial charge in [-0.25, -0.2) is 9.69 Å². The quantitative estimate of drug-likeness (QED) is 0.313. The zero-order valence-corrected chi connectivity index (χ0v) is 25.6. The van der Waals surface area contributed by atoms with Gasteiger partial charge in [-0.1, -0.05) is 17.7 Å². The summed E-state index contributed by atoms with van der Waals surface area (Å²) in [6, 6.07) is 16.3. The molecule has 3 aliphatic rings. The molecular weight excluding hydrogens is 570 g/mol. The summed E-state index contributed by atoms with van der Waals surface area (Å²) in [5, 5.41) is 0.541. The fourth-order valence-electron chi connectivity index (χ4n) is 6.90. The van der Waals surface area contributed by atoms with Crippen LogP contribution in [0.1, 0.15) is 35.6 Å². The largest absolute Gasteiger partial charge is 0.493 e. The summed E-state index contributed by atoms with van der Waals surface area (Å²) in [6.45, 7) is 1.94. The monoisotopic (exact) mass is 605 g/mol. The Kier molecular flexibility index (Phi) is 7.87. The van der Waals surface area contributed by atoms with Crippen LogP contribution in [0, 0.1) is 0 Å². The molecular formula is C33H36ClN3O6. The third-order valence-corrected chi connectivity index (χ3v) is 9.41. The molecule has 3 aromatic carbocycles. The van der Waals surface area contributed by atoms with Gasteiger partial charge in [-0.2, -0.15) is 0 Å². The van der Waals surface area contributed by atoms with E-state index in [1.807, 2.05) is 30.3 Å². The molecule has 0 N–H and O–H groups in total. The number of nitrogens with zero attached hydrogens (tertiary/aromatic N) is 3. The summed E-state index contributed by atoms with van der Waals surface area (Å²) < 4.78 is 22.1. The maximum absolute atomic E-state index is 14.5. The van der Waals surface area contributed by atoms with E-state index in [0.717, 1.165) is 24.1 Å². The number of fused-ring (bicyclic) bond motifs is 3. The Balaban J connectivity index is 1.38. The average Bonchev–Trinajstić information content (AvgIpc) is 3.23. The highest BCUT2D eigenvalue weighted by atomic mass is 35.5. The van der Waals surface area contributed by atoms with Crippen LogP contribution in [-0.2, 0) is 17.6 Å². The number of halogens is 1. The van der Waals surface area contributed by atoms with Gasteiger partial charge in [0, 0.05) is 30.7 Å². The second-order valence-corrected chi connectivity index (χ2v) is 11.6. The number of rotatable bonds is 8. The first-order valence-corrected chi connectivity index (χ1v) is 14.8. The molecule has 0 radical (unpaired) electrons. The van der Waals surface area contributed by atoms with Gasteiger partial charge in [0.15, 0.2) is 23.0 Å². The molecule has 2 fully saturated rings. The van der Waals surface area contributed by atoms with E-state index in [4.69, 9.17) is 30.5 Å². The smallest absolute Gasteiger partial charge is 0.332 e. The Morgan fingerprint density at radius 3 is 2.21 bits per heavy atom. The number of ether oxygens (including phenoxy) is 4. The number of urea groups is 1. The number of benzene rings is 3. The Bertz CT molecular complexity index is 1550. The van der Waals surface area contributed by atoms with Crippen LogP contribution in [0.5, 0.6) is 23.0 Å². The number of piperidine rings is 1. The molecule has 3 amide bonds. The van der Waals surface area contributed by atoms with Gasteiger partial charge in [0.1, 0.15) is 5.54 Å². The van der Waals surface area contributed by atoms with E-state index in [0.29, 0.717) is 66.1 Å². The molecule has 3 aromatic rings. The molecule has 226 valence electrons. The number of anilines is 1. The first-order valence-electron chi connectivity index (χ1n) is 14.4. The minimum atomic E-state index is -1.00. The van der Waals surface area contributed by atoms with E-state index in [1.54, 1.807) is 57.6 Å². The van der Waals surface area contributed by atoms with Crippen molar-refractivity contribution in [2.75, 3.05) is 53.0 Å². The molecule has 3 aliphatic heterocycles. The third-order valence-electron chi connectivity index (χ3n) is 9.15. The van der Waals surface area contributed by atoms with Crippen LogP contribution in [0.3, 0.4) is 0 Å². The predicted molar refractivity (Wildman–Crippen MR) is 164 cm³/mol. The van der Waals surface area contributed by atoms with Crippen molar-refractivity contribution >= 4 is 29.2 Å². The molecule has 43 heavy (non-hydrogen) atoms. The van der Waals surface area contributed by atoms with Crippen LogP contribution < -0.4 is 23.8 Å². The molecule has 0 aromatic heterocycles. The lowest BCUT2D eigenvalue weighted by Gasteiger charge is -2.49. The highest BCUT2D eigenvalue weighted by molar-refractivity contribution is 6.31. The minimum absolute atomic E-state index is 0.0530. The summed E-state index contributed by atoms with van der Waals surface area (Å²) in [6.07, 6.45) is 2.46. The summed E-state index contributed by atoms with van der Waals surface area (Å²) in [7, 11) is 6.47. The molecule has 1 spiro atoms. The molecule has 0 bridgehead atoms. The van der Waals surface area contributed by atoms with Gasteiger partial charge in [0.05, 0.1) is 34.1 Å². The molecule has 2 atom stereocenters. The molecule has 3 heterocycles. The minimum Gasteiger partial charge on any atom is -0.493 e. The third kappa shape index (κ3) is 4.94. The molecule has 10 heteroatoms. The SMILES string of the molecule is COc1ccc(CCN2C(=O)N(c3ccc(Cl)cc3)C(=O)[C@]23CCN2CCc4cc(OC)c(OC)cc4[C@@H]2C3)cc1OC. The number of imide groups is 1. The number of methoxy groups -OCH3 is 4. The first-order chi connectivity index (χ1) is 20.8. The Morgan fingerprint density at radius 1 is 0.837 bits per heavy atom. The van der Waals surface area contributed by atoms with Gasteiger partial charge in [-0.15, -0.1) is 0 Å². The Labute approximate surface area is 256 Å². The number of carbonyl (C=O) groups is 2. The molecule has 2 saturated heterocycles. The van der Waals surface area contributed by atoms with Crippen LogP contribution in [0.25, 0.3) is 0 Å². The van der Waals surface area contributed by atoms with Crippen molar-refractivity contribution < 1.29 is 28.5 Å². The van der Waals surface area contributed by atoms with E-state index < -0.39 is 5.54 Å². The predicted octanol–water partition coefficient (Wildman–Crippen LogP) is 5.52. The second kappa shape index (κ2) is 11.6. The maximum atomic E-state index is 14.5. The molecule has 9 nitrogen and oxygen atoms in total. The Hall–Kier alpha value is -3.95. The van der Waals surface area contributed by atoms with Crippen molar-refractivity contribution in [3.8, 4) is 23.0 Å². The van der Waals surface area contributed by atoms with Crippen molar-refractivity contribution in [2.24, 2.45) is 0 Å². The van der Waals surface area contributed by atoms with Gasteiger partial charge >= 0.3 is 6.03 Å². The zero-order chi connectivity index (χ0) is 30.3. The number of amides is 3. The maximum Gasteiger partial charge on any atom is 0.332 e. The van der Waals surface area contributed by atoms with Crippen LogP contribution in [0.15, 0.2) is 54.6 Å².